The Balaban J connectivity index is 1.27. The summed E-state index contributed by atoms with van der Waals surface area (Å²) in [5.41, 5.74) is 12.8. The van der Waals surface area contributed by atoms with Crippen LogP contribution in [0, 0.1) is 0 Å². The molecule has 0 heterocycles. The van der Waals surface area contributed by atoms with Crippen molar-refractivity contribution in [1.82, 2.24) is 0 Å². The van der Waals surface area contributed by atoms with E-state index in [0.717, 1.165) is 34.1 Å². The van der Waals surface area contributed by atoms with E-state index in [-0.39, 0.29) is 5.41 Å². The highest BCUT2D eigenvalue weighted by Gasteiger charge is 2.25. The van der Waals surface area contributed by atoms with Gasteiger partial charge >= 0.3 is 0 Å². The third kappa shape index (κ3) is 6.33. The third-order valence-electron chi connectivity index (χ3n) is 11.5. The Hall–Kier alpha value is -7.16. The summed E-state index contributed by atoms with van der Waals surface area (Å²) >= 11 is 0. The second-order valence-electron chi connectivity index (χ2n) is 16.2. The fraction of sp³-hybridized carbons (Fsp3) is 0.0714. The fourth-order valence-electron chi connectivity index (χ4n) is 8.56. The van der Waals surface area contributed by atoms with Crippen LogP contribution in [0.3, 0.4) is 0 Å². The molecular formula is C56H44N2. The lowest BCUT2D eigenvalue weighted by Gasteiger charge is -2.32. The highest BCUT2D eigenvalue weighted by atomic mass is 15.2. The van der Waals surface area contributed by atoms with E-state index in [4.69, 9.17) is 0 Å². The molecule has 0 fully saturated rings. The van der Waals surface area contributed by atoms with Gasteiger partial charge in [-0.15, -0.1) is 0 Å². The zero-order valence-electron chi connectivity index (χ0n) is 33.1. The predicted octanol–water partition coefficient (Wildman–Crippen LogP) is 16.2. The quantitative estimate of drug-likeness (QED) is 0.143. The van der Waals surface area contributed by atoms with E-state index in [1.807, 2.05) is 0 Å². The first-order valence-corrected chi connectivity index (χ1v) is 20.2. The van der Waals surface area contributed by atoms with Crippen LogP contribution in [0.15, 0.2) is 212 Å². The molecule has 0 unspecified atom stereocenters. The zero-order chi connectivity index (χ0) is 39.2. The molecular weight excluding hydrogens is 701 g/mol. The smallest absolute Gasteiger partial charge is 0.0561 e. The van der Waals surface area contributed by atoms with Crippen LogP contribution in [0.5, 0.6) is 0 Å². The van der Waals surface area contributed by atoms with Crippen LogP contribution >= 0.6 is 0 Å². The Bertz CT molecular complexity index is 2790. The van der Waals surface area contributed by atoms with Crippen LogP contribution in [-0.2, 0) is 5.41 Å². The van der Waals surface area contributed by atoms with E-state index in [1.54, 1.807) is 0 Å². The van der Waals surface area contributed by atoms with Gasteiger partial charge in [0.2, 0.25) is 0 Å². The topological polar surface area (TPSA) is 6.48 Å². The molecule has 0 radical (unpaired) electrons. The molecule has 0 aliphatic carbocycles. The lowest BCUT2D eigenvalue weighted by atomic mass is 9.83. The molecule has 0 aliphatic heterocycles. The van der Waals surface area contributed by atoms with Gasteiger partial charge in [-0.3, -0.25) is 0 Å². The zero-order valence-corrected chi connectivity index (χ0v) is 33.1. The molecule has 0 bridgehead atoms. The molecule has 10 aromatic rings. The number of hydrogen-bond acceptors (Lipinski definition) is 2. The molecule has 0 saturated carbocycles. The van der Waals surface area contributed by atoms with Crippen molar-refractivity contribution in [1.29, 1.82) is 0 Å². The molecule has 2 nitrogen and oxygen atoms in total. The van der Waals surface area contributed by atoms with Crippen LogP contribution in [-0.4, -0.2) is 0 Å². The Kier molecular flexibility index (Phi) is 8.76. The molecule has 278 valence electrons. The molecule has 10 aromatic carbocycles. The molecule has 0 aromatic heterocycles. The van der Waals surface area contributed by atoms with Crippen molar-refractivity contribution < 1.29 is 0 Å². The van der Waals surface area contributed by atoms with E-state index >= 15 is 0 Å². The van der Waals surface area contributed by atoms with Crippen molar-refractivity contribution in [2.24, 2.45) is 0 Å². The first-order chi connectivity index (χ1) is 28.4. The van der Waals surface area contributed by atoms with Gasteiger partial charge in [0, 0.05) is 38.9 Å². The van der Waals surface area contributed by atoms with Gasteiger partial charge in [-0.05, 0) is 104 Å². The van der Waals surface area contributed by atoms with Crippen LogP contribution in [0.1, 0.15) is 26.3 Å². The number of hydrogen-bond donors (Lipinski definition) is 0. The molecule has 10 rings (SSSR count). The average molecular weight is 745 g/mol. The minimum Gasteiger partial charge on any atom is -0.310 e. The molecule has 0 saturated heterocycles. The Morgan fingerprint density at radius 3 is 1.03 bits per heavy atom. The Morgan fingerprint density at radius 2 is 0.655 bits per heavy atom. The summed E-state index contributed by atoms with van der Waals surface area (Å²) in [6, 6.07) is 77.5. The summed E-state index contributed by atoms with van der Waals surface area (Å²) in [5.74, 6) is 0. The SMILES string of the molecule is CC(C)(C)c1cc2ccc3c(N(c4ccccc4)c4ccc(-c5ccccc5)cc4)cc(N(c4ccccc4)c4ccc(-c5ccccc5)cc4)c4ccc(c1)c2c34. The molecule has 0 aliphatic rings. The lowest BCUT2D eigenvalue weighted by Crippen LogP contribution is -2.14. The van der Waals surface area contributed by atoms with Crippen molar-refractivity contribution in [2.75, 3.05) is 9.80 Å². The predicted molar refractivity (Wildman–Crippen MR) is 249 cm³/mol. The number of para-hydroxylation sites is 2. The first-order valence-electron chi connectivity index (χ1n) is 20.2. The van der Waals surface area contributed by atoms with E-state index in [9.17, 15) is 0 Å². The second kappa shape index (κ2) is 14.4. The number of rotatable bonds is 8. The van der Waals surface area contributed by atoms with E-state index in [1.165, 1.54) is 60.1 Å². The lowest BCUT2D eigenvalue weighted by molar-refractivity contribution is 0.591. The fourth-order valence-corrected chi connectivity index (χ4v) is 8.56. The maximum atomic E-state index is 2.44. The molecule has 58 heavy (non-hydrogen) atoms. The van der Waals surface area contributed by atoms with E-state index in [2.05, 4.69) is 243 Å². The van der Waals surface area contributed by atoms with Crippen molar-refractivity contribution in [3.8, 4) is 22.3 Å². The summed E-state index contributed by atoms with van der Waals surface area (Å²) in [7, 11) is 0. The second-order valence-corrected chi connectivity index (χ2v) is 16.2. The van der Waals surface area contributed by atoms with Gasteiger partial charge in [0.1, 0.15) is 0 Å². The molecule has 0 N–H and O–H groups in total. The summed E-state index contributed by atoms with van der Waals surface area (Å²) in [6.45, 7) is 6.91. The maximum Gasteiger partial charge on any atom is 0.0561 e. The minimum absolute atomic E-state index is 0.0206. The van der Waals surface area contributed by atoms with Crippen molar-refractivity contribution in [3.05, 3.63) is 218 Å². The summed E-state index contributed by atoms with van der Waals surface area (Å²) in [5, 5.41) is 7.52. The summed E-state index contributed by atoms with van der Waals surface area (Å²) in [4.78, 5) is 4.87. The van der Waals surface area contributed by atoms with Crippen LogP contribution in [0.4, 0.5) is 34.1 Å². The Morgan fingerprint density at radius 1 is 0.310 bits per heavy atom. The van der Waals surface area contributed by atoms with Gasteiger partial charge in [-0.1, -0.05) is 178 Å². The highest BCUT2D eigenvalue weighted by molar-refractivity contribution is 6.29. The van der Waals surface area contributed by atoms with Gasteiger partial charge in [0.05, 0.1) is 11.4 Å². The van der Waals surface area contributed by atoms with Crippen molar-refractivity contribution >= 4 is 66.4 Å². The highest BCUT2D eigenvalue weighted by Crippen LogP contribution is 2.50. The van der Waals surface area contributed by atoms with Crippen molar-refractivity contribution in [2.45, 2.75) is 26.2 Å². The summed E-state index contributed by atoms with van der Waals surface area (Å²) < 4.78 is 0. The van der Waals surface area contributed by atoms with Gasteiger partial charge in [-0.2, -0.15) is 0 Å². The van der Waals surface area contributed by atoms with Gasteiger partial charge in [-0.25, -0.2) is 0 Å². The standard InChI is InChI=1S/C56H44N2/c1-56(2,3)45-36-43-28-34-50-52(57(46-20-12-6-13-21-46)48-30-24-41(25-31-48)39-16-8-4-9-17-39)38-53(51-35-29-44(37-45)54(43)55(50)51)58(47-22-14-7-15-23-47)49-32-26-42(27-33-49)40-18-10-5-11-19-40/h4-38H,1-3H3. The largest absolute Gasteiger partial charge is 0.310 e. The van der Waals surface area contributed by atoms with Gasteiger partial charge in [0.25, 0.3) is 0 Å². The average Bonchev–Trinajstić information content (AvgIpc) is 3.27. The molecule has 0 atom stereocenters. The monoisotopic (exact) mass is 744 g/mol. The molecule has 0 amide bonds. The summed E-state index contributed by atoms with van der Waals surface area (Å²) in [6.07, 6.45) is 0. The number of anilines is 6. The Labute approximate surface area is 341 Å². The van der Waals surface area contributed by atoms with Crippen LogP contribution in [0.25, 0.3) is 54.6 Å². The van der Waals surface area contributed by atoms with Gasteiger partial charge in [0.15, 0.2) is 0 Å². The number of nitrogens with zero attached hydrogens (tertiary/aromatic N) is 2. The molecule has 2 heteroatoms. The van der Waals surface area contributed by atoms with Crippen LogP contribution in [0.2, 0.25) is 0 Å². The first kappa shape index (κ1) is 35.3. The molecule has 0 spiro atoms. The number of benzene rings is 10. The minimum atomic E-state index is 0.0206. The third-order valence-corrected chi connectivity index (χ3v) is 11.5. The van der Waals surface area contributed by atoms with Gasteiger partial charge < -0.3 is 9.80 Å². The van der Waals surface area contributed by atoms with E-state index < -0.39 is 0 Å². The van der Waals surface area contributed by atoms with E-state index in [0.29, 0.717) is 0 Å². The normalized spacial score (nSPS) is 11.7. The van der Waals surface area contributed by atoms with Crippen molar-refractivity contribution in [3.63, 3.8) is 0 Å². The maximum absolute atomic E-state index is 2.44. The van der Waals surface area contributed by atoms with Crippen LogP contribution < -0.4 is 9.80 Å².